The average Bonchev–Trinajstić information content (AvgIpc) is 4.00. The monoisotopic (exact) mass is 819 g/mol. The fourth-order valence-electron chi connectivity index (χ4n) is 10.5. The quantitative estimate of drug-likeness (QED) is 0.167. The zero-order valence-electron chi connectivity index (χ0n) is 35.5. The lowest BCUT2D eigenvalue weighted by Crippen LogP contribution is -2.14. The van der Waals surface area contributed by atoms with E-state index in [0.717, 1.165) is 88.6 Å². The maximum atomic E-state index is 6.85. The molecule has 0 amide bonds. The van der Waals surface area contributed by atoms with Crippen LogP contribution in [0.1, 0.15) is 25.0 Å². The first-order chi connectivity index (χ1) is 31.5. The SMILES string of the molecule is CC1(C)c2ccccc2-c2ccc(-c3cccc(N(c4cccc(-c5cccc6c5oc5c7ccccc7ccc65)c4)c4cccc(-c5cccc6oc7ccccc7c56)c4)c3)cc21. The van der Waals surface area contributed by atoms with E-state index in [1.54, 1.807) is 0 Å². The van der Waals surface area contributed by atoms with E-state index in [-0.39, 0.29) is 5.41 Å². The van der Waals surface area contributed by atoms with Gasteiger partial charge in [0, 0.05) is 55.0 Å². The Bertz CT molecular complexity index is 3840. The predicted molar refractivity (Wildman–Crippen MR) is 267 cm³/mol. The van der Waals surface area contributed by atoms with Gasteiger partial charge in [-0.05, 0) is 116 Å². The lowest BCUT2D eigenvalue weighted by atomic mass is 9.81. The highest BCUT2D eigenvalue weighted by Crippen LogP contribution is 2.50. The normalized spacial score (nSPS) is 13.0. The van der Waals surface area contributed by atoms with Crippen LogP contribution in [-0.4, -0.2) is 0 Å². The largest absolute Gasteiger partial charge is 0.456 e. The molecule has 0 unspecified atom stereocenters. The summed E-state index contributed by atoms with van der Waals surface area (Å²) >= 11 is 0. The van der Waals surface area contributed by atoms with Gasteiger partial charge in [0.2, 0.25) is 0 Å². The fraction of sp³-hybridized carbons (Fsp3) is 0.0492. The van der Waals surface area contributed by atoms with Crippen molar-refractivity contribution in [2.75, 3.05) is 4.90 Å². The Hall–Kier alpha value is -8.14. The first-order valence-corrected chi connectivity index (χ1v) is 22.1. The van der Waals surface area contributed by atoms with E-state index < -0.39 is 0 Å². The van der Waals surface area contributed by atoms with Crippen LogP contribution in [0.5, 0.6) is 0 Å². The molecular weight excluding hydrogens is 779 g/mol. The van der Waals surface area contributed by atoms with Crippen molar-refractivity contribution in [3.8, 4) is 44.5 Å². The Morgan fingerprint density at radius 2 is 0.906 bits per heavy atom. The first kappa shape index (κ1) is 36.5. The van der Waals surface area contributed by atoms with Gasteiger partial charge in [0.25, 0.3) is 0 Å². The highest BCUT2D eigenvalue weighted by molar-refractivity contribution is 6.17. The van der Waals surface area contributed by atoms with Gasteiger partial charge in [0.05, 0.1) is 0 Å². The molecule has 2 aromatic heterocycles. The lowest BCUT2D eigenvalue weighted by molar-refractivity contribution is 0.660. The summed E-state index contributed by atoms with van der Waals surface area (Å²) in [6.45, 7) is 4.70. The lowest BCUT2D eigenvalue weighted by Gasteiger charge is -2.27. The molecule has 64 heavy (non-hydrogen) atoms. The van der Waals surface area contributed by atoms with Gasteiger partial charge in [-0.25, -0.2) is 0 Å². The van der Waals surface area contributed by atoms with Gasteiger partial charge in [0.15, 0.2) is 0 Å². The molecule has 0 atom stereocenters. The molecule has 10 aromatic carbocycles. The van der Waals surface area contributed by atoms with Gasteiger partial charge >= 0.3 is 0 Å². The van der Waals surface area contributed by atoms with Crippen LogP contribution in [0.2, 0.25) is 0 Å². The Balaban J connectivity index is 0.984. The van der Waals surface area contributed by atoms with E-state index in [4.69, 9.17) is 8.83 Å². The van der Waals surface area contributed by atoms with E-state index >= 15 is 0 Å². The third-order valence-electron chi connectivity index (χ3n) is 13.6. The molecule has 0 bridgehead atoms. The maximum Gasteiger partial charge on any atom is 0.143 e. The zero-order chi connectivity index (χ0) is 42.5. The molecule has 3 nitrogen and oxygen atoms in total. The molecule has 0 aliphatic heterocycles. The van der Waals surface area contributed by atoms with Crippen molar-refractivity contribution in [3.05, 3.63) is 223 Å². The van der Waals surface area contributed by atoms with Gasteiger partial charge < -0.3 is 13.7 Å². The van der Waals surface area contributed by atoms with Crippen molar-refractivity contribution < 1.29 is 8.83 Å². The number of anilines is 3. The Morgan fingerprint density at radius 3 is 1.73 bits per heavy atom. The van der Waals surface area contributed by atoms with E-state index in [1.165, 1.54) is 38.8 Å². The minimum Gasteiger partial charge on any atom is -0.456 e. The number of nitrogens with zero attached hydrogens (tertiary/aromatic N) is 1. The van der Waals surface area contributed by atoms with Gasteiger partial charge in [-0.15, -0.1) is 0 Å². The highest BCUT2D eigenvalue weighted by atomic mass is 16.3. The molecule has 0 spiro atoms. The second-order valence-electron chi connectivity index (χ2n) is 17.6. The van der Waals surface area contributed by atoms with Gasteiger partial charge in [-0.3, -0.25) is 0 Å². The summed E-state index contributed by atoms with van der Waals surface area (Å²) in [4.78, 5) is 2.39. The summed E-state index contributed by atoms with van der Waals surface area (Å²) in [5, 5.41) is 6.77. The number of hydrogen-bond acceptors (Lipinski definition) is 3. The van der Waals surface area contributed by atoms with Crippen LogP contribution in [0.4, 0.5) is 17.1 Å². The van der Waals surface area contributed by atoms with E-state index in [9.17, 15) is 0 Å². The second kappa shape index (κ2) is 13.9. The molecular formula is C61H41NO2. The van der Waals surface area contributed by atoms with E-state index in [2.05, 4.69) is 219 Å². The Morgan fingerprint density at radius 1 is 0.344 bits per heavy atom. The van der Waals surface area contributed by atoms with Crippen molar-refractivity contribution in [1.29, 1.82) is 0 Å². The van der Waals surface area contributed by atoms with Crippen molar-refractivity contribution >= 4 is 71.7 Å². The summed E-state index contributed by atoms with van der Waals surface area (Å²) < 4.78 is 13.2. The first-order valence-electron chi connectivity index (χ1n) is 22.1. The molecule has 0 N–H and O–H groups in total. The molecule has 0 fully saturated rings. The van der Waals surface area contributed by atoms with Crippen LogP contribution in [0.3, 0.4) is 0 Å². The minimum atomic E-state index is -0.0918. The van der Waals surface area contributed by atoms with Crippen LogP contribution < -0.4 is 4.90 Å². The summed E-state index contributed by atoms with van der Waals surface area (Å²) in [6.07, 6.45) is 0. The average molecular weight is 820 g/mol. The third-order valence-corrected chi connectivity index (χ3v) is 13.6. The summed E-state index contributed by atoms with van der Waals surface area (Å²) in [7, 11) is 0. The molecule has 0 saturated heterocycles. The molecule has 1 aliphatic carbocycles. The molecule has 1 aliphatic rings. The number of furan rings is 2. The van der Waals surface area contributed by atoms with Gasteiger partial charge in [-0.1, -0.05) is 166 Å². The minimum absolute atomic E-state index is 0.0918. The highest BCUT2D eigenvalue weighted by Gasteiger charge is 2.35. The Labute approximate surface area is 371 Å². The second-order valence-corrected chi connectivity index (χ2v) is 17.6. The number of fused-ring (bicyclic) bond motifs is 11. The molecule has 3 heteroatoms. The van der Waals surface area contributed by atoms with E-state index in [1.807, 2.05) is 12.1 Å². The van der Waals surface area contributed by atoms with E-state index in [0.29, 0.717) is 0 Å². The standard InChI is InChI=1S/C61H41NO2/c1-61(2)54-27-7-5-22-49(54)50-32-31-40(37-55(50)61)39-15-9-18-43(34-39)62(44-19-10-16-41(35-44)46-24-13-29-57-58(46)53-23-6-8-28-56(53)63-57)45-20-11-17-42(36-45)48-25-12-26-51-52-33-30-38-14-3-4-21-47(38)59(52)64-60(48)51/h3-37H,1-2H3. The molecule has 2 heterocycles. The van der Waals surface area contributed by atoms with Gasteiger partial charge in [-0.2, -0.15) is 0 Å². The van der Waals surface area contributed by atoms with Crippen molar-refractivity contribution in [3.63, 3.8) is 0 Å². The molecule has 302 valence electrons. The van der Waals surface area contributed by atoms with Crippen LogP contribution in [0.15, 0.2) is 221 Å². The summed E-state index contributed by atoms with van der Waals surface area (Å²) in [5.74, 6) is 0. The van der Waals surface area contributed by atoms with Crippen LogP contribution in [0.25, 0.3) is 99.2 Å². The summed E-state index contributed by atoms with van der Waals surface area (Å²) in [6, 6.07) is 76.7. The summed E-state index contributed by atoms with van der Waals surface area (Å²) in [5.41, 5.74) is 18.8. The number of rotatable bonds is 6. The molecule has 13 rings (SSSR count). The zero-order valence-corrected chi connectivity index (χ0v) is 35.5. The molecule has 0 saturated carbocycles. The van der Waals surface area contributed by atoms with Crippen LogP contribution >= 0.6 is 0 Å². The predicted octanol–water partition coefficient (Wildman–Crippen LogP) is 17.4. The van der Waals surface area contributed by atoms with Crippen LogP contribution in [-0.2, 0) is 5.41 Å². The van der Waals surface area contributed by atoms with Crippen molar-refractivity contribution in [2.45, 2.75) is 19.3 Å². The number of hydrogen-bond donors (Lipinski definition) is 0. The van der Waals surface area contributed by atoms with Crippen LogP contribution in [0, 0.1) is 0 Å². The topological polar surface area (TPSA) is 29.5 Å². The fourth-order valence-corrected chi connectivity index (χ4v) is 10.5. The smallest absolute Gasteiger partial charge is 0.143 e. The van der Waals surface area contributed by atoms with Crippen molar-refractivity contribution in [1.82, 2.24) is 0 Å². The number of para-hydroxylation sites is 2. The molecule has 12 aromatic rings. The molecule has 0 radical (unpaired) electrons. The number of benzene rings is 10. The maximum absolute atomic E-state index is 6.85. The third kappa shape index (κ3) is 5.54. The van der Waals surface area contributed by atoms with Gasteiger partial charge in [0.1, 0.15) is 22.3 Å². The Kier molecular flexibility index (Phi) is 7.95. The van der Waals surface area contributed by atoms with Crippen molar-refractivity contribution in [2.24, 2.45) is 0 Å².